The molecule has 0 bridgehead atoms. The maximum atomic E-state index is 11.6. The van der Waals surface area contributed by atoms with Gasteiger partial charge in [-0.3, -0.25) is 0 Å². The highest BCUT2D eigenvalue weighted by Crippen LogP contribution is 2.12. The van der Waals surface area contributed by atoms with Gasteiger partial charge in [0.2, 0.25) is 0 Å². The molecule has 1 atom stereocenters. The molecule has 16 heavy (non-hydrogen) atoms. The highest BCUT2D eigenvalue weighted by molar-refractivity contribution is 5.67. The molecule has 1 aliphatic heterocycles. The van der Waals surface area contributed by atoms with Crippen LogP contribution in [0.2, 0.25) is 0 Å². The van der Waals surface area contributed by atoms with Gasteiger partial charge in [-0.1, -0.05) is 0 Å². The summed E-state index contributed by atoms with van der Waals surface area (Å²) >= 11 is 0. The van der Waals surface area contributed by atoms with E-state index in [0.717, 1.165) is 19.5 Å². The van der Waals surface area contributed by atoms with E-state index in [1.165, 1.54) is 12.8 Å². The molecule has 0 aromatic rings. The van der Waals surface area contributed by atoms with Gasteiger partial charge < -0.3 is 15.0 Å². The van der Waals surface area contributed by atoms with Crippen LogP contribution in [0, 0.1) is 0 Å². The summed E-state index contributed by atoms with van der Waals surface area (Å²) in [5.74, 6) is 0. The van der Waals surface area contributed by atoms with E-state index in [0.29, 0.717) is 6.04 Å². The van der Waals surface area contributed by atoms with Crippen molar-refractivity contribution in [1.29, 1.82) is 0 Å². The van der Waals surface area contributed by atoms with Crippen LogP contribution < -0.4 is 5.32 Å². The number of ether oxygens (including phenoxy) is 1. The van der Waals surface area contributed by atoms with Crippen molar-refractivity contribution < 1.29 is 9.53 Å². The Kier molecular flexibility index (Phi) is 4.59. The predicted molar refractivity (Wildman–Crippen MR) is 64.5 cm³/mol. The molecule has 1 rings (SSSR count). The summed E-state index contributed by atoms with van der Waals surface area (Å²) < 4.78 is 5.28. The molecular formula is C12H24N2O2. The van der Waals surface area contributed by atoms with Crippen molar-refractivity contribution in [3.05, 3.63) is 0 Å². The smallest absolute Gasteiger partial charge is 0.410 e. The van der Waals surface area contributed by atoms with E-state index in [1.807, 2.05) is 20.8 Å². The molecule has 0 aromatic carbocycles. The minimum atomic E-state index is -0.406. The topological polar surface area (TPSA) is 41.6 Å². The van der Waals surface area contributed by atoms with Gasteiger partial charge >= 0.3 is 6.09 Å². The summed E-state index contributed by atoms with van der Waals surface area (Å²) in [6.07, 6.45) is 3.25. The van der Waals surface area contributed by atoms with E-state index in [-0.39, 0.29) is 6.09 Å². The predicted octanol–water partition coefficient (Wildman–Crippen LogP) is 2.00. The Hall–Kier alpha value is -0.770. The lowest BCUT2D eigenvalue weighted by Gasteiger charge is -2.25. The molecular weight excluding hydrogens is 204 g/mol. The zero-order valence-electron chi connectivity index (χ0n) is 10.9. The fraction of sp³-hybridized carbons (Fsp3) is 0.917. The number of carbonyl (C=O) groups excluding carboxylic acids is 1. The normalized spacial score (nSPS) is 20.9. The Labute approximate surface area is 98.3 Å². The molecule has 1 heterocycles. The zero-order valence-corrected chi connectivity index (χ0v) is 10.9. The van der Waals surface area contributed by atoms with Gasteiger partial charge in [0, 0.05) is 19.6 Å². The van der Waals surface area contributed by atoms with E-state index in [4.69, 9.17) is 4.74 Å². The Bertz CT molecular complexity index is 230. The zero-order chi connectivity index (χ0) is 12.2. The van der Waals surface area contributed by atoms with Gasteiger partial charge in [-0.05, 0) is 46.6 Å². The first-order valence-electron chi connectivity index (χ1n) is 6.06. The first-order chi connectivity index (χ1) is 7.38. The molecule has 0 aliphatic carbocycles. The summed E-state index contributed by atoms with van der Waals surface area (Å²) in [4.78, 5) is 13.3. The first-order valence-corrected chi connectivity index (χ1v) is 6.06. The van der Waals surface area contributed by atoms with Crippen LogP contribution in [-0.4, -0.2) is 42.8 Å². The maximum Gasteiger partial charge on any atom is 0.410 e. The minimum absolute atomic E-state index is 0.231. The second-order valence-corrected chi connectivity index (χ2v) is 5.48. The fourth-order valence-electron chi connectivity index (χ4n) is 1.78. The first kappa shape index (κ1) is 13.3. The monoisotopic (exact) mass is 228 g/mol. The van der Waals surface area contributed by atoms with E-state index in [2.05, 4.69) is 5.32 Å². The summed E-state index contributed by atoms with van der Waals surface area (Å²) in [6.45, 7) is 7.53. The largest absolute Gasteiger partial charge is 0.444 e. The van der Waals surface area contributed by atoms with Crippen molar-refractivity contribution in [1.82, 2.24) is 10.2 Å². The van der Waals surface area contributed by atoms with Crippen LogP contribution in [0.4, 0.5) is 4.79 Å². The average molecular weight is 228 g/mol. The van der Waals surface area contributed by atoms with E-state index >= 15 is 0 Å². The van der Waals surface area contributed by atoms with Crippen LogP contribution in [0.5, 0.6) is 0 Å². The molecule has 1 fully saturated rings. The lowest BCUT2D eigenvalue weighted by molar-refractivity contribution is 0.0294. The summed E-state index contributed by atoms with van der Waals surface area (Å²) in [6, 6.07) is 0.574. The molecule has 0 spiro atoms. The van der Waals surface area contributed by atoms with Crippen molar-refractivity contribution in [3.8, 4) is 0 Å². The van der Waals surface area contributed by atoms with Gasteiger partial charge in [0.15, 0.2) is 0 Å². The molecule has 4 nitrogen and oxygen atoms in total. The van der Waals surface area contributed by atoms with Crippen molar-refractivity contribution >= 4 is 6.09 Å². The summed E-state index contributed by atoms with van der Waals surface area (Å²) in [7, 11) is 1.79. The van der Waals surface area contributed by atoms with Crippen LogP contribution >= 0.6 is 0 Å². The number of nitrogens with one attached hydrogen (secondary N) is 1. The third-order valence-electron chi connectivity index (χ3n) is 2.68. The quantitative estimate of drug-likeness (QED) is 0.803. The van der Waals surface area contributed by atoms with Gasteiger partial charge in [0.25, 0.3) is 0 Å². The highest BCUT2D eigenvalue weighted by atomic mass is 16.6. The third-order valence-corrected chi connectivity index (χ3v) is 2.68. The fourth-order valence-corrected chi connectivity index (χ4v) is 1.78. The van der Waals surface area contributed by atoms with Crippen LogP contribution in [-0.2, 0) is 4.74 Å². The van der Waals surface area contributed by atoms with Crippen LogP contribution in [0.1, 0.15) is 40.0 Å². The van der Waals surface area contributed by atoms with E-state index in [1.54, 1.807) is 11.9 Å². The number of hydrogen-bond donors (Lipinski definition) is 1. The van der Waals surface area contributed by atoms with Gasteiger partial charge in [0.1, 0.15) is 5.60 Å². The molecule has 1 N–H and O–H groups in total. The van der Waals surface area contributed by atoms with Gasteiger partial charge in [-0.15, -0.1) is 0 Å². The molecule has 94 valence electrons. The Morgan fingerprint density at radius 3 is 2.69 bits per heavy atom. The average Bonchev–Trinajstić information content (AvgIpc) is 2.63. The minimum Gasteiger partial charge on any atom is -0.444 e. The van der Waals surface area contributed by atoms with E-state index < -0.39 is 5.60 Å². The molecule has 0 aromatic heterocycles. The van der Waals surface area contributed by atoms with Crippen molar-refractivity contribution in [2.75, 3.05) is 20.1 Å². The summed E-state index contributed by atoms with van der Waals surface area (Å²) in [5, 5.41) is 3.42. The molecule has 1 saturated heterocycles. The Morgan fingerprint density at radius 2 is 2.19 bits per heavy atom. The SMILES string of the molecule is CN(CCC1CCCN1)C(=O)OC(C)(C)C. The van der Waals surface area contributed by atoms with Crippen molar-refractivity contribution in [2.45, 2.75) is 51.7 Å². The number of amides is 1. The van der Waals surface area contributed by atoms with Crippen LogP contribution in [0.25, 0.3) is 0 Å². The van der Waals surface area contributed by atoms with Gasteiger partial charge in [-0.2, -0.15) is 0 Å². The van der Waals surface area contributed by atoms with Crippen LogP contribution in [0.3, 0.4) is 0 Å². The molecule has 0 saturated carbocycles. The Balaban J connectivity index is 2.23. The highest BCUT2D eigenvalue weighted by Gasteiger charge is 2.21. The molecule has 1 amide bonds. The number of carbonyl (C=O) groups is 1. The van der Waals surface area contributed by atoms with E-state index in [9.17, 15) is 4.79 Å². The van der Waals surface area contributed by atoms with Gasteiger partial charge in [-0.25, -0.2) is 4.79 Å². The number of rotatable bonds is 3. The number of hydrogen-bond acceptors (Lipinski definition) is 3. The number of nitrogens with zero attached hydrogens (tertiary/aromatic N) is 1. The molecule has 4 heteroatoms. The lowest BCUT2D eigenvalue weighted by Crippen LogP contribution is -2.36. The molecule has 1 aliphatic rings. The molecule has 0 radical (unpaired) electrons. The standard InChI is InChI=1S/C12H24N2O2/c1-12(2,3)16-11(15)14(4)9-7-10-6-5-8-13-10/h10,13H,5-9H2,1-4H3. The van der Waals surface area contributed by atoms with Gasteiger partial charge in [0.05, 0.1) is 0 Å². The Morgan fingerprint density at radius 1 is 1.50 bits per heavy atom. The van der Waals surface area contributed by atoms with Crippen LogP contribution in [0.15, 0.2) is 0 Å². The summed E-state index contributed by atoms with van der Waals surface area (Å²) in [5.41, 5.74) is -0.406. The maximum absolute atomic E-state index is 11.6. The van der Waals surface area contributed by atoms with Crippen molar-refractivity contribution in [2.24, 2.45) is 0 Å². The second-order valence-electron chi connectivity index (χ2n) is 5.48. The second kappa shape index (κ2) is 5.53. The third kappa shape index (κ3) is 4.84. The van der Waals surface area contributed by atoms with Crippen molar-refractivity contribution in [3.63, 3.8) is 0 Å². The molecule has 1 unspecified atom stereocenters. The lowest BCUT2D eigenvalue weighted by atomic mass is 10.1.